The molecule has 5 atom stereocenters. The molecule has 3 aliphatic carbocycles. The van der Waals surface area contributed by atoms with Gasteiger partial charge in [-0.05, 0) is 85.0 Å². The van der Waals surface area contributed by atoms with E-state index >= 15 is 0 Å². The number of methoxy groups -OCH3 is 1. The predicted octanol–water partition coefficient (Wildman–Crippen LogP) is 3.62. The van der Waals surface area contributed by atoms with Gasteiger partial charge in [-0.3, -0.25) is 0 Å². The van der Waals surface area contributed by atoms with Gasteiger partial charge in [0.05, 0.1) is 13.2 Å². The van der Waals surface area contributed by atoms with Gasteiger partial charge in [0.15, 0.2) is 11.5 Å². The fourth-order valence-electron chi connectivity index (χ4n) is 5.72. The van der Waals surface area contributed by atoms with Crippen molar-refractivity contribution in [2.75, 3.05) is 7.11 Å². The van der Waals surface area contributed by atoms with E-state index in [1.807, 2.05) is 6.07 Å². The first-order valence-corrected chi connectivity index (χ1v) is 8.62. The van der Waals surface area contributed by atoms with Gasteiger partial charge in [-0.15, -0.1) is 0 Å². The average Bonchev–Trinajstić information content (AvgIpc) is 2.82. The van der Waals surface area contributed by atoms with E-state index in [0.717, 1.165) is 25.7 Å². The van der Waals surface area contributed by atoms with E-state index in [1.165, 1.54) is 24.0 Å². The Morgan fingerprint density at radius 3 is 2.77 bits per heavy atom. The summed E-state index contributed by atoms with van der Waals surface area (Å²) in [7, 11) is 1.62. The van der Waals surface area contributed by atoms with Crippen LogP contribution in [0.5, 0.6) is 11.5 Å². The van der Waals surface area contributed by atoms with E-state index in [0.29, 0.717) is 23.5 Å². The largest absolute Gasteiger partial charge is 0.504 e. The summed E-state index contributed by atoms with van der Waals surface area (Å²) in [6.07, 6.45) is 6.51. The highest BCUT2D eigenvalue weighted by atomic mass is 16.5. The maximum absolute atomic E-state index is 10.4. The highest BCUT2D eigenvalue weighted by molar-refractivity contribution is 5.49. The smallest absolute Gasteiger partial charge is 0.160 e. The molecule has 22 heavy (non-hydrogen) atoms. The van der Waals surface area contributed by atoms with Crippen molar-refractivity contribution in [3.05, 3.63) is 23.3 Å². The zero-order valence-electron chi connectivity index (χ0n) is 13.5. The maximum Gasteiger partial charge on any atom is 0.160 e. The van der Waals surface area contributed by atoms with Crippen LogP contribution in [0.4, 0.5) is 0 Å². The maximum atomic E-state index is 10.4. The molecule has 1 aromatic rings. The lowest BCUT2D eigenvalue weighted by Crippen LogP contribution is -2.43. The molecule has 0 heterocycles. The van der Waals surface area contributed by atoms with Crippen LogP contribution in [-0.2, 0) is 6.42 Å². The molecule has 3 heteroatoms. The Kier molecular flexibility index (Phi) is 3.19. The molecule has 0 bridgehead atoms. The van der Waals surface area contributed by atoms with Crippen molar-refractivity contribution in [1.29, 1.82) is 0 Å². The average molecular weight is 302 g/mol. The number of aliphatic hydroxyl groups excluding tert-OH is 1. The summed E-state index contributed by atoms with van der Waals surface area (Å²) in [5, 5.41) is 20.5. The number of phenols is 1. The van der Waals surface area contributed by atoms with Gasteiger partial charge in [0.25, 0.3) is 0 Å². The topological polar surface area (TPSA) is 49.7 Å². The van der Waals surface area contributed by atoms with E-state index in [1.54, 1.807) is 7.11 Å². The summed E-state index contributed by atoms with van der Waals surface area (Å²) in [5.74, 6) is 2.75. The van der Waals surface area contributed by atoms with Gasteiger partial charge in [0.1, 0.15) is 0 Å². The number of aryl methyl sites for hydroxylation is 1. The Balaban J connectivity index is 1.72. The molecule has 1 aromatic carbocycles. The summed E-state index contributed by atoms with van der Waals surface area (Å²) >= 11 is 0. The number of benzene rings is 1. The van der Waals surface area contributed by atoms with Crippen LogP contribution in [0.1, 0.15) is 56.1 Å². The summed E-state index contributed by atoms with van der Waals surface area (Å²) in [5.41, 5.74) is 2.80. The molecule has 0 saturated heterocycles. The van der Waals surface area contributed by atoms with Crippen LogP contribution in [0.25, 0.3) is 0 Å². The van der Waals surface area contributed by atoms with Crippen LogP contribution < -0.4 is 4.74 Å². The van der Waals surface area contributed by atoms with Gasteiger partial charge in [0.2, 0.25) is 0 Å². The second kappa shape index (κ2) is 4.89. The summed E-state index contributed by atoms with van der Waals surface area (Å²) < 4.78 is 5.32. The van der Waals surface area contributed by atoms with Crippen molar-refractivity contribution in [2.24, 2.45) is 17.3 Å². The van der Waals surface area contributed by atoms with Crippen molar-refractivity contribution in [2.45, 2.75) is 57.5 Å². The van der Waals surface area contributed by atoms with Crippen LogP contribution in [0, 0.1) is 17.3 Å². The minimum atomic E-state index is -0.116. The molecule has 0 unspecified atom stereocenters. The lowest BCUT2D eigenvalue weighted by atomic mass is 9.55. The number of hydrogen-bond acceptors (Lipinski definition) is 3. The monoisotopic (exact) mass is 302 g/mol. The van der Waals surface area contributed by atoms with E-state index in [9.17, 15) is 10.2 Å². The number of phenolic OH excluding ortho intramolecular Hbond substituents is 1. The van der Waals surface area contributed by atoms with Gasteiger partial charge < -0.3 is 14.9 Å². The van der Waals surface area contributed by atoms with Crippen molar-refractivity contribution in [1.82, 2.24) is 0 Å². The third kappa shape index (κ3) is 1.84. The molecule has 0 amide bonds. The SMILES string of the molecule is COc1cc2c(cc1O)CC[C@@H]1[C@H]2CC[C@]2(C)[C@H](O)CC[C@@H]12. The number of aromatic hydroxyl groups is 1. The van der Waals surface area contributed by atoms with Crippen molar-refractivity contribution in [3.63, 3.8) is 0 Å². The molecule has 4 rings (SSSR count). The van der Waals surface area contributed by atoms with Gasteiger partial charge in [-0.2, -0.15) is 0 Å². The standard InChI is InChI=1S/C19H26O3/c1-19-8-7-12-13(15(19)5-6-18(19)21)4-3-11-9-16(20)17(22-2)10-14(11)12/h9-10,12-13,15,18,20-21H,3-8H2,1-2H3/t12-,13-,15+,18-,19+/m1/s1. The van der Waals surface area contributed by atoms with Crippen molar-refractivity contribution >= 4 is 0 Å². The Bertz CT molecular complexity index is 597. The van der Waals surface area contributed by atoms with Crippen molar-refractivity contribution < 1.29 is 14.9 Å². The van der Waals surface area contributed by atoms with E-state index in [-0.39, 0.29) is 17.3 Å². The highest BCUT2D eigenvalue weighted by Crippen LogP contribution is 2.61. The van der Waals surface area contributed by atoms with Gasteiger partial charge in [0, 0.05) is 0 Å². The normalized spacial score (nSPS) is 39.8. The number of ether oxygens (including phenoxy) is 1. The zero-order chi connectivity index (χ0) is 15.5. The van der Waals surface area contributed by atoms with E-state index in [4.69, 9.17) is 4.74 Å². The summed E-state index contributed by atoms with van der Waals surface area (Å²) in [6, 6.07) is 3.97. The molecule has 0 radical (unpaired) electrons. The zero-order valence-corrected chi connectivity index (χ0v) is 13.5. The van der Waals surface area contributed by atoms with Gasteiger partial charge >= 0.3 is 0 Å². The molecular weight excluding hydrogens is 276 g/mol. The quantitative estimate of drug-likeness (QED) is 0.833. The first-order valence-electron chi connectivity index (χ1n) is 8.62. The Hall–Kier alpha value is -1.22. The lowest BCUT2D eigenvalue weighted by molar-refractivity contribution is -0.0226. The molecule has 2 saturated carbocycles. The molecular formula is C19H26O3. The minimum Gasteiger partial charge on any atom is -0.504 e. The molecule has 2 fully saturated rings. The van der Waals surface area contributed by atoms with Gasteiger partial charge in [-0.25, -0.2) is 0 Å². The van der Waals surface area contributed by atoms with Crippen molar-refractivity contribution in [3.8, 4) is 11.5 Å². The first-order chi connectivity index (χ1) is 10.5. The van der Waals surface area contributed by atoms with E-state index < -0.39 is 0 Å². The second-order valence-corrected chi connectivity index (χ2v) is 7.78. The molecule has 3 aliphatic rings. The number of fused-ring (bicyclic) bond motifs is 5. The molecule has 0 aliphatic heterocycles. The second-order valence-electron chi connectivity index (χ2n) is 7.78. The molecule has 3 nitrogen and oxygen atoms in total. The van der Waals surface area contributed by atoms with Crippen LogP contribution in [0.2, 0.25) is 0 Å². The van der Waals surface area contributed by atoms with Crippen LogP contribution in [0.15, 0.2) is 12.1 Å². The fourth-order valence-corrected chi connectivity index (χ4v) is 5.72. The van der Waals surface area contributed by atoms with Crippen LogP contribution in [0.3, 0.4) is 0 Å². The Labute approximate surface area is 132 Å². The Morgan fingerprint density at radius 1 is 1.18 bits per heavy atom. The molecule has 2 N–H and O–H groups in total. The summed E-state index contributed by atoms with van der Waals surface area (Å²) in [4.78, 5) is 0. The summed E-state index contributed by atoms with van der Waals surface area (Å²) in [6.45, 7) is 2.30. The minimum absolute atomic E-state index is 0.116. The molecule has 120 valence electrons. The van der Waals surface area contributed by atoms with Crippen LogP contribution in [-0.4, -0.2) is 23.4 Å². The number of aliphatic hydroxyl groups is 1. The third-order valence-corrected chi connectivity index (χ3v) is 6.97. The molecule has 0 spiro atoms. The highest BCUT2D eigenvalue weighted by Gasteiger charge is 2.54. The fraction of sp³-hybridized carbons (Fsp3) is 0.684. The predicted molar refractivity (Wildman–Crippen MR) is 85.3 cm³/mol. The van der Waals surface area contributed by atoms with E-state index in [2.05, 4.69) is 13.0 Å². The van der Waals surface area contributed by atoms with Gasteiger partial charge in [-0.1, -0.05) is 6.92 Å². The van der Waals surface area contributed by atoms with Crippen LogP contribution >= 0.6 is 0 Å². The number of rotatable bonds is 1. The first kappa shape index (κ1) is 14.4. The third-order valence-electron chi connectivity index (χ3n) is 6.97. The number of hydrogen-bond donors (Lipinski definition) is 2. The lowest BCUT2D eigenvalue weighted by Gasteiger charge is -2.50. The Morgan fingerprint density at radius 2 is 2.00 bits per heavy atom. The molecule has 0 aromatic heterocycles.